The average molecular weight is 176 g/mol. The molecule has 0 fully saturated rings. The van der Waals surface area contributed by atoms with Gasteiger partial charge in [0.1, 0.15) is 0 Å². The van der Waals surface area contributed by atoms with Gasteiger partial charge in [-0.15, -0.1) is 0 Å². The predicted molar refractivity (Wildman–Crippen MR) is 64.7 cm³/mol. The lowest BCUT2D eigenvalue weighted by molar-refractivity contribution is 0.659. The summed E-state index contributed by atoms with van der Waals surface area (Å²) < 4.78 is 0. The van der Waals surface area contributed by atoms with Gasteiger partial charge in [0.25, 0.3) is 14.1 Å². The smallest absolute Gasteiger partial charge is 0.0915 e. The number of hydrogen-bond donors (Lipinski definition) is 0. The Morgan fingerprint density at radius 2 is 0.846 bits per heavy atom. The van der Waals surface area contributed by atoms with Crippen molar-refractivity contribution in [3.05, 3.63) is 0 Å². The molecule has 0 aliphatic carbocycles. The first kappa shape index (κ1) is 13.5. The molecule has 0 nitrogen and oxygen atoms in total. The van der Waals surface area contributed by atoms with Crippen LogP contribution in [0.3, 0.4) is 0 Å². The molecule has 0 radical (unpaired) electrons. The molecule has 0 unspecified atom stereocenters. The van der Waals surface area contributed by atoms with Crippen LogP contribution >= 0.6 is 0 Å². The van der Waals surface area contributed by atoms with Crippen molar-refractivity contribution in [1.29, 1.82) is 0 Å². The minimum atomic E-state index is -0.407. The van der Waals surface area contributed by atoms with E-state index in [-0.39, 0.29) is 0 Å². The molecule has 13 heavy (non-hydrogen) atoms. The third kappa shape index (κ3) is 8.85. The Bertz CT molecular complexity index is 92.5. The molecular formula is C12H27Al. The highest BCUT2D eigenvalue weighted by atomic mass is 13.8. The second-order valence-corrected chi connectivity index (χ2v) is 8.90. The summed E-state index contributed by atoms with van der Waals surface area (Å²) in [6.07, 6.45) is 0. The Kier molecular flexibility index (Phi) is 7.19. The lowest BCUT2D eigenvalue weighted by atomic mass is 4.59. The van der Waals surface area contributed by atoms with Crippen LogP contribution in [0.25, 0.3) is 0 Å². The van der Waals surface area contributed by atoms with Crippen LogP contribution in [-0.4, -0.2) is 14.1 Å². The normalized spacial score (nSPS) is 11.8. The van der Waals surface area contributed by atoms with Gasteiger partial charge in [-0.05, 0) is 0 Å². The van der Waals surface area contributed by atoms with Crippen LogP contribution in [-0.2, 0) is 0 Å². The molecule has 0 aromatic heterocycles. The molecule has 0 aromatic carbocycles. The zero-order valence-electron chi connectivity index (χ0n) is 10.4. The maximum Gasteiger partial charge on any atom is 0.262 e. The van der Waals surface area contributed by atoms with Gasteiger partial charge in [-0.2, -0.15) is 0 Å². The van der Waals surface area contributed by atoms with Crippen molar-refractivity contribution in [3.63, 3.8) is 0 Å². The van der Waals surface area contributed by atoms with Crippen molar-refractivity contribution < 1.29 is 0 Å². The van der Waals surface area contributed by atoms with Gasteiger partial charge < -0.3 is 0 Å². The van der Waals surface area contributed by atoms with Crippen LogP contribution in [0.1, 0.15) is 41.5 Å². The summed E-state index contributed by atoms with van der Waals surface area (Å²) in [5.74, 6) is 2.78. The quantitative estimate of drug-likeness (QED) is 0.524. The molecule has 0 saturated carbocycles. The summed E-state index contributed by atoms with van der Waals surface area (Å²) in [4.78, 5) is 0. The monoisotopic (exact) mass is 176 g/mol. The van der Waals surface area contributed by atoms with Gasteiger partial charge in [0, 0.05) is 0 Å². The van der Waals surface area contributed by atoms with E-state index in [1.54, 1.807) is 15.8 Å². The largest absolute Gasteiger partial charge is 0.262 e. The molecule has 0 spiro atoms. The van der Waals surface area contributed by atoms with E-state index in [0.29, 0.717) is 0 Å². The molecule has 0 bridgehead atoms. The van der Waals surface area contributed by atoms with Crippen molar-refractivity contribution in [2.45, 2.75) is 57.4 Å². The second-order valence-electron chi connectivity index (χ2n) is 5.75. The fourth-order valence-corrected chi connectivity index (χ4v) is 6.87. The predicted octanol–water partition coefficient (Wildman–Crippen LogP) is 4.45. The van der Waals surface area contributed by atoms with E-state index in [4.69, 9.17) is 0 Å². The topological polar surface area (TPSA) is 0 Å². The highest BCUT2D eigenvalue weighted by molar-refractivity contribution is 6.58. The fourth-order valence-electron chi connectivity index (χ4n) is 2.29. The Hall–Kier alpha value is 0.532. The standard InChI is InChI=1S/3C4H9.Al/c3*1-4(2)3;/h3*4H,1H2,2-3H3;/i;;;1-22. The van der Waals surface area contributed by atoms with Crippen molar-refractivity contribution in [2.75, 3.05) is 0 Å². The fraction of sp³-hybridized carbons (Fsp3) is 1.00. The van der Waals surface area contributed by atoms with E-state index in [0.717, 1.165) is 17.8 Å². The summed E-state index contributed by atoms with van der Waals surface area (Å²) in [5.41, 5.74) is 0. The molecule has 0 aliphatic rings. The molecule has 0 atom stereocenters. The van der Waals surface area contributed by atoms with E-state index >= 15 is 0 Å². The number of rotatable bonds is 6. The Morgan fingerprint density at radius 3 is 1.00 bits per heavy atom. The first-order chi connectivity index (χ1) is 5.91. The van der Waals surface area contributed by atoms with Crippen molar-refractivity contribution >= 4 is 14.1 Å². The Morgan fingerprint density at radius 1 is 0.615 bits per heavy atom. The van der Waals surface area contributed by atoms with Crippen LogP contribution in [0.15, 0.2) is 0 Å². The minimum absolute atomic E-state index is 0.407. The molecule has 0 aliphatic heterocycles. The first-order valence-electron chi connectivity index (χ1n) is 5.91. The Labute approximate surface area is 89.5 Å². The molecule has 0 aromatic rings. The van der Waals surface area contributed by atoms with E-state index in [2.05, 4.69) is 41.5 Å². The van der Waals surface area contributed by atoms with Crippen molar-refractivity contribution in [1.82, 2.24) is 0 Å². The van der Waals surface area contributed by atoms with Crippen LogP contribution in [0.4, 0.5) is 0 Å². The van der Waals surface area contributed by atoms with Gasteiger partial charge in [-0.25, -0.2) is 0 Å². The molecule has 78 valence electrons. The zero-order valence-corrected chi connectivity index (χ0v) is 11.6. The van der Waals surface area contributed by atoms with Crippen molar-refractivity contribution in [2.24, 2.45) is 17.8 Å². The summed E-state index contributed by atoms with van der Waals surface area (Å²) in [6, 6.07) is 0. The molecule has 0 saturated heterocycles. The van der Waals surface area contributed by atoms with Gasteiger partial charge in [0.2, 0.25) is 0 Å². The van der Waals surface area contributed by atoms with E-state index < -0.39 is 14.1 Å². The van der Waals surface area contributed by atoms with E-state index in [1.165, 1.54) is 0 Å². The maximum absolute atomic E-state index is 2.38. The first-order valence-corrected chi connectivity index (χ1v) is 8.36. The highest BCUT2D eigenvalue weighted by Gasteiger charge is 2.20. The van der Waals surface area contributed by atoms with Gasteiger partial charge >= 0.3 is 0 Å². The van der Waals surface area contributed by atoms with Gasteiger partial charge in [0.15, 0.2) is 0 Å². The second kappa shape index (κ2) is 6.91. The highest BCUT2D eigenvalue weighted by Crippen LogP contribution is 2.20. The molecule has 1 heteroatoms. The lowest BCUT2D eigenvalue weighted by Gasteiger charge is -2.17. The average Bonchev–Trinajstić information content (AvgIpc) is 1.80. The van der Waals surface area contributed by atoms with Gasteiger partial charge in [-0.3, -0.25) is 0 Å². The van der Waals surface area contributed by atoms with Gasteiger partial charge in [-0.1, -0.05) is 75.1 Å². The molecule has 0 amide bonds. The maximum atomic E-state index is 2.38. The summed E-state index contributed by atoms with van der Waals surface area (Å²) in [7, 11) is 0. The summed E-state index contributed by atoms with van der Waals surface area (Å²) in [6.45, 7) is 14.3. The van der Waals surface area contributed by atoms with Gasteiger partial charge in [0.05, 0.1) is 0 Å². The molecule has 0 heterocycles. The molecule has 0 rings (SSSR count). The zero-order chi connectivity index (χ0) is 10.4. The minimum Gasteiger partial charge on any atom is -0.0915 e. The van der Waals surface area contributed by atoms with Crippen LogP contribution in [0.5, 0.6) is 0 Å². The Balaban J connectivity index is 3.87. The van der Waals surface area contributed by atoms with E-state index in [9.17, 15) is 0 Å². The molecule has 0 N–H and O–H groups in total. The summed E-state index contributed by atoms with van der Waals surface area (Å²) in [5, 5.41) is 4.66. The SMILES string of the molecule is CC(C)[CH2][5Al]([CH2]C(C)C)[CH2]C(C)C. The van der Waals surface area contributed by atoms with Crippen LogP contribution in [0, 0.1) is 17.8 Å². The van der Waals surface area contributed by atoms with E-state index in [1.807, 2.05) is 0 Å². The van der Waals surface area contributed by atoms with Crippen LogP contribution in [0.2, 0.25) is 15.8 Å². The van der Waals surface area contributed by atoms with Crippen molar-refractivity contribution in [3.8, 4) is 0 Å². The van der Waals surface area contributed by atoms with Crippen LogP contribution < -0.4 is 0 Å². The third-order valence-electron chi connectivity index (χ3n) is 2.41. The molecular weight excluding hydrogens is 149 g/mol. The lowest BCUT2D eigenvalue weighted by Crippen LogP contribution is -2.19. The third-order valence-corrected chi connectivity index (χ3v) is 7.24. The summed E-state index contributed by atoms with van der Waals surface area (Å²) >= 11 is -0.407. The number of hydrogen-bond acceptors (Lipinski definition) is 0.